The molecule has 2 nitrogen and oxygen atoms in total. The van der Waals surface area contributed by atoms with E-state index in [2.05, 4.69) is 6.92 Å². The van der Waals surface area contributed by atoms with Crippen molar-refractivity contribution in [3.63, 3.8) is 0 Å². The fourth-order valence-corrected chi connectivity index (χ4v) is 2.70. The fraction of sp³-hybridized carbons (Fsp3) is 0.538. The molecule has 3 heteroatoms. The second-order valence-electron chi connectivity index (χ2n) is 4.81. The van der Waals surface area contributed by atoms with Crippen molar-refractivity contribution < 1.29 is 9.84 Å². The molecule has 1 fully saturated rings. The van der Waals surface area contributed by atoms with Crippen LogP contribution in [0.2, 0.25) is 5.02 Å². The van der Waals surface area contributed by atoms with E-state index in [0.29, 0.717) is 10.8 Å². The number of benzene rings is 1. The quantitative estimate of drug-likeness (QED) is 0.861. The average Bonchev–Trinajstić information content (AvgIpc) is 2.60. The molecule has 1 aromatic rings. The maximum Gasteiger partial charge on any atom is 0.137 e. The molecule has 1 saturated carbocycles. The predicted octanol–water partition coefficient (Wildman–Crippen LogP) is 3.15. The van der Waals surface area contributed by atoms with Crippen LogP contribution >= 0.6 is 11.6 Å². The van der Waals surface area contributed by atoms with Gasteiger partial charge in [-0.3, -0.25) is 0 Å². The zero-order valence-corrected chi connectivity index (χ0v) is 10.4. The van der Waals surface area contributed by atoms with E-state index in [4.69, 9.17) is 16.3 Å². The summed E-state index contributed by atoms with van der Waals surface area (Å²) in [5.41, 5.74) is 1.25. The highest BCUT2D eigenvalue weighted by Gasteiger charge is 2.35. The molecular weight excluding hydrogens is 224 g/mol. The Morgan fingerprint density at radius 1 is 1.50 bits per heavy atom. The van der Waals surface area contributed by atoms with Crippen LogP contribution in [0.4, 0.5) is 0 Å². The molecule has 1 aliphatic carbocycles. The molecule has 1 N–H and O–H groups in total. The van der Waals surface area contributed by atoms with Gasteiger partial charge in [-0.05, 0) is 42.4 Å². The zero-order chi connectivity index (χ0) is 11.8. The van der Waals surface area contributed by atoms with Crippen LogP contribution in [0.1, 0.15) is 31.7 Å². The minimum Gasteiger partial charge on any atom is -0.495 e. The molecule has 0 aromatic heterocycles. The van der Waals surface area contributed by atoms with Crippen LogP contribution in [0.5, 0.6) is 5.75 Å². The number of aliphatic hydroxyl groups excluding tert-OH is 1. The van der Waals surface area contributed by atoms with Crippen molar-refractivity contribution in [3.8, 4) is 5.75 Å². The van der Waals surface area contributed by atoms with Crippen LogP contribution in [-0.4, -0.2) is 18.3 Å². The van der Waals surface area contributed by atoms with E-state index in [0.717, 1.165) is 19.3 Å². The first kappa shape index (κ1) is 11.7. The lowest BCUT2D eigenvalue weighted by Crippen LogP contribution is -2.18. The molecular formula is C13H17ClO2. The third-order valence-electron chi connectivity index (χ3n) is 3.56. The summed E-state index contributed by atoms with van der Waals surface area (Å²) in [6.45, 7) is 2.19. The molecule has 0 spiro atoms. The molecule has 1 aromatic carbocycles. The van der Waals surface area contributed by atoms with Crippen molar-refractivity contribution in [3.05, 3.63) is 28.8 Å². The Morgan fingerprint density at radius 3 is 2.81 bits per heavy atom. The summed E-state index contributed by atoms with van der Waals surface area (Å²) in [4.78, 5) is 0. The second-order valence-corrected chi connectivity index (χ2v) is 5.21. The standard InChI is InChI=1S/C13H17ClO2/c1-13(6-5-10(15)8-13)9-3-4-11(14)12(7-9)16-2/h3-4,7,10,15H,5-6,8H2,1-2H3. The topological polar surface area (TPSA) is 29.5 Å². The smallest absolute Gasteiger partial charge is 0.137 e. The Kier molecular flexibility index (Phi) is 3.13. The SMILES string of the molecule is COc1cc(C2(C)CCC(O)C2)ccc1Cl. The van der Waals surface area contributed by atoms with Crippen LogP contribution in [0.3, 0.4) is 0 Å². The molecule has 0 saturated heterocycles. The van der Waals surface area contributed by atoms with E-state index in [1.165, 1.54) is 5.56 Å². The van der Waals surface area contributed by atoms with Gasteiger partial charge in [-0.2, -0.15) is 0 Å². The summed E-state index contributed by atoms with van der Waals surface area (Å²) < 4.78 is 5.22. The highest BCUT2D eigenvalue weighted by atomic mass is 35.5. The van der Waals surface area contributed by atoms with Gasteiger partial charge in [-0.25, -0.2) is 0 Å². The normalized spacial score (nSPS) is 29.4. The first-order valence-electron chi connectivity index (χ1n) is 5.57. The first-order chi connectivity index (χ1) is 7.55. The highest BCUT2D eigenvalue weighted by Crippen LogP contribution is 2.42. The molecule has 2 atom stereocenters. The number of methoxy groups -OCH3 is 1. The Labute approximate surface area is 101 Å². The first-order valence-corrected chi connectivity index (χ1v) is 5.95. The maximum absolute atomic E-state index is 9.65. The van der Waals surface area contributed by atoms with Crippen molar-refractivity contribution >= 4 is 11.6 Å². The monoisotopic (exact) mass is 240 g/mol. The summed E-state index contributed by atoms with van der Waals surface area (Å²) in [6.07, 6.45) is 2.53. The molecule has 0 aliphatic heterocycles. The zero-order valence-electron chi connectivity index (χ0n) is 9.66. The highest BCUT2D eigenvalue weighted by molar-refractivity contribution is 6.32. The van der Waals surface area contributed by atoms with Gasteiger partial charge in [0.25, 0.3) is 0 Å². The van der Waals surface area contributed by atoms with E-state index in [-0.39, 0.29) is 11.5 Å². The third kappa shape index (κ3) is 2.04. The van der Waals surface area contributed by atoms with E-state index >= 15 is 0 Å². The van der Waals surface area contributed by atoms with Crippen molar-refractivity contribution in [2.24, 2.45) is 0 Å². The molecule has 0 bridgehead atoms. The Morgan fingerprint density at radius 2 is 2.25 bits per heavy atom. The third-order valence-corrected chi connectivity index (χ3v) is 3.88. The van der Waals surface area contributed by atoms with Gasteiger partial charge in [0.15, 0.2) is 0 Å². The van der Waals surface area contributed by atoms with Crippen LogP contribution in [0, 0.1) is 0 Å². The molecule has 16 heavy (non-hydrogen) atoms. The fourth-order valence-electron chi connectivity index (χ4n) is 2.51. The minimum atomic E-state index is -0.174. The van der Waals surface area contributed by atoms with Gasteiger partial charge in [0.2, 0.25) is 0 Å². The lowest BCUT2D eigenvalue weighted by atomic mass is 9.81. The van der Waals surface area contributed by atoms with Gasteiger partial charge in [-0.15, -0.1) is 0 Å². The summed E-state index contributed by atoms with van der Waals surface area (Å²) in [5.74, 6) is 0.710. The van der Waals surface area contributed by atoms with Crippen molar-refractivity contribution in [1.82, 2.24) is 0 Å². The summed E-state index contributed by atoms with van der Waals surface area (Å²) in [6, 6.07) is 5.88. The molecule has 1 aliphatic rings. The molecule has 88 valence electrons. The van der Waals surface area contributed by atoms with E-state index in [1.807, 2.05) is 18.2 Å². The van der Waals surface area contributed by atoms with Crippen molar-refractivity contribution in [2.75, 3.05) is 7.11 Å². The van der Waals surface area contributed by atoms with Gasteiger partial charge in [0.1, 0.15) is 5.75 Å². The maximum atomic E-state index is 9.65. The van der Waals surface area contributed by atoms with Crippen LogP contribution in [0.15, 0.2) is 18.2 Å². The molecule has 0 radical (unpaired) electrons. The van der Waals surface area contributed by atoms with Gasteiger partial charge in [0.05, 0.1) is 18.2 Å². The van der Waals surface area contributed by atoms with E-state index in [1.54, 1.807) is 7.11 Å². The van der Waals surface area contributed by atoms with Crippen molar-refractivity contribution in [1.29, 1.82) is 0 Å². The number of hydrogen-bond donors (Lipinski definition) is 1. The van der Waals surface area contributed by atoms with E-state index in [9.17, 15) is 5.11 Å². The number of ether oxygens (including phenoxy) is 1. The van der Waals surface area contributed by atoms with Crippen LogP contribution < -0.4 is 4.74 Å². The van der Waals surface area contributed by atoms with Gasteiger partial charge < -0.3 is 9.84 Å². The van der Waals surface area contributed by atoms with Gasteiger partial charge in [0, 0.05) is 0 Å². The Hall–Kier alpha value is -0.730. The van der Waals surface area contributed by atoms with Crippen molar-refractivity contribution in [2.45, 2.75) is 37.7 Å². The number of halogens is 1. The second kappa shape index (κ2) is 4.27. The average molecular weight is 241 g/mol. The number of hydrogen-bond acceptors (Lipinski definition) is 2. The van der Waals surface area contributed by atoms with Crippen LogP contribution in [-0.2, 0) is 5.41 Å². The predicted molar refractivity (Wildman–Crippen MR) is 65.2 cm³/mol. The summed E-state index contributed by atoms with van der Waals surface area (Å²) >= 11 is 6.00. The Balaban J connectivity index is 2.33. The number of rotatable bonds is 2. The summed E-state index contributed by atoms with van der Waals surface area (Å²) in [7, 11) is 1.62. The largest absolute Gasteiger partial charge is 0.495 e. The Bertz CT molecular complexity index is 392. The van der Waals surface area contributed by atoms with Gasteiger partial charge >= 0.3 is 0 Å². The molecule has 0 heterocycles. The van der Waals surface area contributed by atoms with Gasteiger partial charge in [-0.1, -0.05) is 24.6 Å². The lowest BCUT2D eigenvalue weighted by molar-refractivity contribution is 0.175. The molecule has 2 unspecified atom stereocenters. The molecule has 0 amide bonds. The minimum absolute atomic E-state index is 0.0529. The lowest BCUT2D eigenvalue weighted by Gasteiger charge is -2.25. The number of aliphatic hydroxyl groups is 1. The summed E-state index contributed by atoms with van der Waals surface area (Å²) in [5, 5.41) is 10.3. The van der Waals surface area contributed by atoms with Crippen LogP contribution in [0.25, 0.3) is 0 Å². The van der Waals surface area contributed by atoms with E-state index < -0.39 is 0 Å². The molecule has 2 rings (SSSR count).